The summed E-state index contributed by atoms with van der Waals surface area (Å²) in [6.45, 7) is 7.22. The zero-order valence-corrected chi connectivity index (χ0v) is 12.6. The van der Waals surface area contributed by atoms with Gasteiger partial charge in [0.1, 0.15) is 12.2 Å². The van der Waals surface area contributed by atoms with Crippen LogP contribution in [0.4, 0.5) is 4.79 Å². The van der Waals surface area contributed by atoms with E-state index in [0.29, 0.717) is 26.2 Å². The predicted molar refractivity (Wildman–Crippen MR) is 72.7 cm³/mol. The molecule has 1 N–H and O–H groups in total. The van der Waals surface area contributed by atoms with Gasteiger partial charge in [-0.15, -0.1) is 0 Å². The fourth-order valence-corrected chi connectivity index (χ4v) is 1.99. The molecule has 1 saturated heterocycles. The van der Waals surface area contributed by atoms with Crippen LogP contribution in [-0.4, -0.2) is 78.5 Å². The van der Waals surface area contributed by atoms with Gasteiger partial charge in [0, 0.05) is 13.6 Å². The van der Waals surface area contributed by atoms with Gasteiger partial charge in [-0.05, 0) is 20.8 Å². The van der Waals surface area contributed by atoms with Gasteiger partial charge < -0.3 is 24.4 Å². The monoisotopic (exact) mass is 288 g/mol. The van der Waals surface area contributed by atoms with Gasteiger partial charge in [0.25, 0.3) is 0 Å². The Balaban J connectivity index is 2.27. The molecule has 1 heterocycles. The molecule has 0 saturated carbocycles. The lowest BCUT2D eigenvalue weighted by molar-refractivity contribution is -0.160. The first-order chi connectivity index (χ1) is 9.23. The molecule has 1 aliphatic heterocycles. The maximum Gasteiger partial charge on any atom is 0.329 e. The van der Waals surface area contributed by atoms with Crippen molar-refractivity contribution in [3.8, 4) is 0 Å². The van der Waals surface area contributed by atoms with Gasteiger partial charge in [0.15, 0.2) is 0 Å². The average Bonchev–Trinajstić information content (AvgIpc) is 2.31. The molecule has 1 rings (SSSR count). The molecule has 0 spiro atoms. The van der Waals surface area contributed by atoms with E-state index in [2.05, 4.69) is 0 Å². The molecular weight excluding hydrogens is 264 g/mol. The first kappa shape index (κ1) is 16.7. The van der Waals surface area contributed by atoms with E-state index < -0.39 is 11.6 Å². The predicted octanol–water partition coefficient (Wildman–Crippen LogP) is 0.639. The van der Waals surface area contributed by atoms with Crippen LogP contribution in [-0.2, 0) is 14.3 Å². The number of likely N-dealkylation sites (N-methyl/N-ethyl adjacent to an activating group) is 1. The number of amides is 2. The second-order valence-corrected chi connectivity index (χ2v) is 5.61. The van der Waals surface area contributed by atoms with Gasteiger partial charge in [-0.2, -0.15) is 0 Å². The van der Waals surface area contributed by atoms with Gasteiger partial charge in [-0.25, -0.2) is 9.59 Å². The molecule has 2 amide bonds. The van der Waals surface area contributed by atoms with E-state index in [9.17, 15) is 9.59 Å². The molecule has 1 fully saturated rings. The molecule has 0 aromatic rings. The third-order valence-electron chi connectivity index (χ3n) is 3.07. The van der Waals surface area contributed by atoms with Crippen molar-refractivity contribution in [2.75, 3.05) is 39.9 Å². The molecule has 0 aliphatic carbocycles. The topological polar surface area (TPSA) is 79.3 Å². The van der Waals surface area contributed by atoms with Crippen molar-refractivity contribution in [3.05, 3.63) is 0 Å². The number of carbonyl (C=O) groups excluding carboxylic acids is 1. The minimum absolute atomic E-state index is 0.0891. The van der Waals surface area contributed by atoms with Crippen LogP contribution >= 0.6 is 0 Å². The molecule has 0 radical (unpaired) electrons. The number of nitrogens with zero attached hydrogens (tertiary/aromatic N) is 2. The van der Waals surface area contributed by atoms with E-state index in [1.807, 2.05) is 20.8 Å². The summed E-state index contributed by atoms with van der Waals surface area (Å²) >= 11 is 0. The van der Waals surface area contributed by atoms with Crippen molar-refractivity contribution in [2.24, 2.45) is 0 Å². The number of ether oxygens (including phenoxy) is 2. The van der Waals surface area contributed by atoms with Crippen molar-refractivity contribution in [1.29, 1.82) is 0 Å². The Morgan fingerprint density at radius 2 is 2.00 bits per heavy atom. The maximum absolute atomic E-state index is 12.1. The Morgan fingerprint density at radius 1 is 1.40 bits per heavy atom. The molecular formula is C13H24N2O5. The Labute approximate surface area is 119 Å². The summed E-state index contributed by atoms with van der Waals surface area (Å²) in [6, 6.07) is -0.0891. The zero-order chi connectivity index (χ0) is 15.3. The normalized spacial score (nSPS) is 16.9. The van der Waals surface area contributed by atoms with Gasteiger partial charge in [0.2, 0.25) is 0 Å². The summed E-state index contributed by atoms with van der Waals surface area (Å²) in [7, 11) is 1.72. The molecule has 7 heteroatoms. The van der Waals surface area contributed by atoms with E-state index in [1.165, 1.54) is 0 Å². The van der Waals surface area contributed by atoms with Crippen molar-refractivity contribution < 1.29 is 24.2 Å². The standard InChI is InChI=1S/C13H24N2O5/c1-10(2)19-6-5-14(4)12(18)15-8-13(3,9-15)20-7-11(16)17/h10H,5-9H2,1-4H3,(H,16,17). The van der Waals surface area contributed by atoms with Crippen LogP contribution in [0.1, 0.15) is 20.8 Å². The third kappa shape index (κ3) is 4.97. The Bertz CT molecular complexity index is 353. The molecule has 0 aromatic carbocycles. The lowest BCUT2D eigenvalue weighted by Gasteiger charge is -2.48. The van der Waals surface area contributed by atoms with Crippen molar-refractivity contribution in [2.45, 2.75) is 32.5 Å². The lowest BCUT2D eigenvalue weighted by Crippen LogP contribution is -2.65. The first-order valence-corrected chi connectivity index (χ1v) is 6.71. The molecule has 0 bridgehead atoms. The number of urea groups is 1. The second-order valence-electron chi connectivity index (χ2n) is 5.61. The van der Waals surface area contributed by atoms with Crippen LogP contribution in [0.5, 0.6) is 0 Å². The van der Waals surface area contributed by atoms with Gasteiger partial charge >= 0.3 is 12.0 Å². The highest BCUT2D eigenvalue weighted by atomic mass is 16.5. The highest BCUT2D eigenvalue weighted by Gasteiger charge is 2.43. The molecule has 0 aromatic heterocycles. The molecule has 0 atom stereocenters. The first-order valence-electron chi connectivity index (χ1n) is 6.71. The summed E-state index contributed by atoms with van der Waals surface area (Å²) in [4.78, 5) is 25.7. The van der Waals surface area contributed by atoms with Crippen LogP contribution in [0, 0.1) is 0 Å². The smallest absolute Gasteiger partial charge is 0.329 e. The van der Waals surface area contributed by atoms with Gasteiger partial charge in [0.05, 0.1) is 25.8 Å². The summed E-state index contributed by atoms with van der Waals surface area (Å²) in [5, 5.41) is 8.57. The summed E-state index contributed by atoms with van der Waals surface area (Å²) in [5.41, 5.74) is -0.552. The fourth-order valence-electron chi connectivity index (χ4n) is 1.99. The van der Waals surface area contributed by atoms with Gasteiger partial charge in [-0.3, -0.25) is 0 Å². The second kappa shape index (κ2) is 6.90. The SMILES string of the molecule is CC(C)OCCN(C)C(=O)N1CC(C)(OCC(=O)O)C1. The molecule has 7 nitrogen and oxygen atoms in total. The van der Waals surface area contributed by atoms with Gasteiger partial charge in [-0.1, -0.05) is 0 Å². The molecule has 1 aliphatic rings. The minimum atomic E-state index is -1.00. The quantitative estimate of drug-likeness (QED) is 0.743. The molecule has 20 heavy (non-hydrogen) atoms. The Morgan fingerprint density at radius 3 is 2.50 bits per heavy atom. The highest BCUT2D eigenvalue weighted by Crippen LogP contribution is 2.25. The zero-order valence-electron chi connectivity index (χ0n) is 12.6. The van der Waals surface area contributed by atoms with Crippen molar-refractivity contribution >= 4 is 12.0 Å². The Hall–Kier alpha value is -1.34. The largest absolute Gasteiger partial charge is 0.480 e. The van der Waals surface area contributed by atoms with E-state index in [1.54, 1.807) is 16.8 Å². The van der Waals surface area contributed by atoms with Crippen molar-refractivity contribution in [1.82, 2.24) is 9.80 Å². The van der Waals surface area contributed by atoms with Crippen LogP contribution in [0.2, 0.25) is 0 Å². The number of likely N-dealkylation sites (tertiary alicyclic amines) is 1. The van der Waals surface area contributed by atoms with E-state index in [-0.39, 0.29) is 18.7 Å². The third-order valence-corrected chi connectivity index (χ3v) is 3.07. The maximum atomic E-state index is 12.1. The fraction of sp³-hybridized carbons (Fsp3) is 0.846. The number of carboxylic acid groups (broad SMARTS) is 1. The summed E-state index contributed by atoms with van der Waals surface area (Å²) in [6.07, 6.45) is 0.148. The lowest BCUT2D eigenvalue weighted by atomic mass is 9.97. The van der Waals surface area contributed by atoms with Crippen LogP contribution in [0.15, 0.2) is 0 Å². The molecule has 0 unspecified atom stereocenters. The summed E-state index contributed by atoms with van der Waals surface area (Å²) in [5.74, 6) is -1.00. The number of hydrogen-bond acceptors (Lipinski definition) is 4. The number of hydrogen-bond donors (Lipinski definition) is 1. The molecule has 116 valence electrons. The summed E-state index contributed by atoms with van der Waals surface area (Å²) < 4.78 is 10.7. The number of rotatable bonds is 7. The van der Waals surface area contributed by atoms with Crippen LogP contribution in [0.3, 0.4) is 0 Å². The number of carboxylic acids is 1. The van der Waals surface area contributed by atoms with E-state index >= 15 is 0 Å². The average molecular weight is 288 g/mol. The number of carbonyl (C=O) groups is 2. The van der Waals surface area contributed by atoms with E-state index in [4.69, 9.17) is 14.6 Å². The minimum Gasteiger partial charge on any atom is -0.480 e. The highest BCUT2D eigenvalue weighted by molar-refractivity contribution is 5.75. The van der Waals surface area contributed by atoms with Crippen molar-refractivity contribution in [3.63, 3.8) is 0 Å². The number of aliphatic carboxylic acids is 1. The van der Waals surface area contributed by atoms with Crippen LogP contribution < -0.4 is 0 Å². The Kier molecular flexibility index (Phi) is 5.76. The van der Waals surface area contributed by atoms with Crippen LogP contribution in [0.25, 0.3) is 0 Å². The van der Waals surface area contributed by atoms with E-state index in [0.717, 1.165) is 0 Å².